The Balaban J connectivity index is 1.83. The molecule has 5 atom stereocenters. The molecule has 1 aliphatic carbocycles. The van der Waals surface area contributed by atoms with Crippen LogP contribution < -0.4 is 10.1 Å². The first-order valence-electron chi connectivity index (χ1n) is 9.45. The summed E-state index contributed by atoms with van der Waals surface area (Å²) >= 11 is 0. The number of imide groups is 1. The number of carbonyl (C=O) groups excluding carboxylic acids is 4. The fraction of sp³-hybridized carbons (Fsp3) is 0.400. The predicted octanol–water partition coefficient (Wildman–Crippen LogP) is 0.0205. The minimum Gasteiger partial charge on any atom is -0.595 e. The van der Waals surface area contributed by atoms with E-state index < -0.39 is 52.3 Å². The lowest BCUT2D eigenvalue weighted by atomic mass is 9.57. The van der Waals surface area contributed by atoms with Gasteiger partial charge >= 0.3 is 11.9 Å². The molecular formula is C20H20N2O8. The van der Waals surface area contributed by atoms with Crippen LogP contribution in [0.25, 0.3) is 0 Å². The van der Waals surface area contributed by atoms with Crippen LogP contribution in [0.5, 0.6) is 0 Å². The van der Waals surface area contributed by atoms with Gasteiger partial charge in [-0.05, 0) is 32.4 Å². The average Bonchev–Trinajstić information content (AvgIpc) is 2.96. The first-order valence-corrected chi connectivity index (χ1v) is 9.45. The lowest BCUT2D eigenvalue weighted by molar-refractivity contribution is -0.991. The molecular weight excluding hydrogens is 396 g/mol. The van der Waals surface area contributed by atoms with Crippen LogP contribution in [-0.4, -0.2) is 41.7 Å². The highest BCUT2D eigenvalue weighted by Gasteiger charge is 2.71. The summed E-state index contributed by atoms with van der Waals surface area (Å²) < 4.78 is 10.5. The van der Waals surface area contributed by atoms with Crippen molar-refractivity contribution in [2.75, 3.05) is 11.5 Å². The van der Waals surface area contributed by atoms with Gasteiger partial charge in [-0.1, -0.05) is 6.07 Å². The van der Waals surface area contributed by atoms with E-state index in [1.807, 2.05) is 0 Å². The molecule has 2 bridgehead atoms. The maximum absolute atomic E-state index is 13.4. The summed E-state index contributed by atoms with van der Waals surface area (Å²) in [7, 11) is 0. The molecule has 0 aromatic heterocycles. The molecule has 0 saturated carbocycles. The molecule has 10 heteroatoms. The number of anilines is 1. The Morgan fingerprint density at radius 3 is 2.67 bits per heavy atom. The highest BCUT2D eigenvalue weighted by molar-refractivity contribution is 6.25. The van der Waals surface area contributed by atoms with Crippen LogP contribution in [-0.2, 0) is 28.7 Å². The van der Waals surface area contributed by atoms with E-state index in [1.165, 1.54) is 31.2 Å². The lowest BCUT2D eigenvalue weighted by Gasteiger charge is -2.48. The Kier molecular flexibility index (Phi) is 4.53. The van der Waals surface area contributed by atoms with Gasteiger partial charge in [0.2, 0.25) is 11.8 Å². The molecule has 5 rings (SSSR count). The third kappa shape index (κ3) is 2.47. The van der Waals surface area contributed by atoms with E-state index in [4.69, 9.17) is 9.47 Å². The molecule has 10 nitrogen and oxygen atoms in total. The van der Waals surface area contributed by atoms with Crippen molar-refractivity contribution >= 4 is 35.1 Å². The van der Waals surface area contributed by atoms with Crippen LogP contribution in [0.4, 0.5) is 11.4 Å². The van der Waals surface area contributed by atoms with E-state index in [-0.39, 0.29) is 23.6 Å². The SMILES string of the molecule is CCOC(=O)C1=C(C)[C@H]2OC(=O)[C@@]1(C)[C@H]1C(=O)N(c3cccc([NH+]([O-])O)c3)C(=O)[C@H]21. The molecule has 158 valence electrons. The van der Waals surface area contributed by atoms with E-state index in [0.29, 0.717) is 5.57 Å². The average molecular weight is 416 g/mol. The Morgan fingerprint density at radius 1 is 1.33 bits per heavy atom. The van der Waals surface area contributed by atoms with Crippen molar-refractivity contribution in [2.45, 2.75) is 26.9 Å². The molecule has 0 spiro atoms. The molecule has 30 heavy (non-hydrogen) atoms. The maximum atomic E-state index is 13.4. The standard InChI is InChI=1S/C20H20N2O8/c1-4-29-18(25)13-9(2)15-12-14(20(13,3)19(26)30-15)17(24)21(16(12)23)10-6-5-7-11(8-10)22(27)28/h5-8,12,14-15,22,27H,4H2,1-3H3/t12-,14+,15+,20+/m0/s1. The van der Waals surface area contributed by atoms with Crippen LogP contribution in [0.1, 0.15) is 20.8 Å². The zero-order valence-corrected chi connectivity index (χ0v) is 16.5. The second-order valence-electron chi connectivity index (χ2n) is 7.68. The summed E-state index contributed by atoms with van der Waals surface area (Å²) in [6.45, 7) is 4.71. The molecule has 2 fully saturated rings. The van der Waals surface area contributed by atoms with Crippen LogP contribution in [0.3, 0.4) is 0 Å². The second kappa shape index (κ2) is 6.73. The van der Waals surface area contributed by atoms with Crippen LogP contribution >= 0.6 is 0 Å². The van der Waals surface area contributed by atoms with Crippen molar-refractivity contribution < 1.29 is 39.1 Å². The normalized spacial score (nSPS) is 31.0. The number of nitrogens with zero attached hydrogens (tertiary/aromatic N) is 1. The molecule has 1 aromatic rings. The van der Waals surface area contributed by atoms with Crippen molar-refractivity contribution in [1.82, 2.24) is 0 Å². The number of nitrogens with one attached hydrogen (secondary N) is 1. The van der Waals surface area contributed by atoms with Crippen molar-refractivity contribution in [1.29, 1.82) is 0 Å². The summed E-state index contributed by atoms with van der Waals surface area (Å²) in [6.07, 6.45) is -1.06. The van der Waals surface area contributed by atoms with E-state index >= 15 is 0 Å². The number of quaternary nitrogens is 1. The number of hydrogen-bond donors (Lipinski definition) is 2. The van der Waals surface area contributed by atoms with Gasteiger partial charge in [0.25, 0.3) is 0 Å². The maximum Gasteiger partial charge on any atom is 0.335 e. The minimum absolute atomic E-state index is 0.0501. The van der Waals surface area contributed by atoms with Gasteiger partial charge in [-0.2, -0.15) is 5.23 Å². The third-order valence-corrected chi connectivity index (χ3v) is 6.13. The fourth-order valence-corrected chi connectivity index (χ4v) is 4.82. The van der Waals surface area contributed by atoms with Gasteiger partial charge in [0.1, 0.15) is 11.5 Å². The van der Waals surface area contributed by atoms with E-state index in [1.54, 1.807) is 13.8 Å². The van der Waals surface area contributed by atoms with Crippen molar-refractivity contribution in [3.63, 3.8) is 0 Å². The minimum atomic E-state index is -1.68. The van der Waals surface area contributed by atoms with Gasteiger partial charge in [0.05, 0.1) is 29.7 Å². The second-order valence-corrected chi connectivity index (χ2v) is 7.68. The van der Waals surface area contributed by atoms with E-state index in [2.05, 4.69) is 0 Å². The first kappa shape index (κ1) is 20.2. The zero-order chi connectivity index (χ0) is 22.0. The smallest absolute Gasteiger partial charge is 0.335 e. The number of esters is 2. The van der Waals surface area contributed by atoms with Crippen molar-refractivity contribution in [2.24, 2.45) is 17.3 Å². The number of carbonyl (C=O) groups is 4. The zero-order valence-electron chi connectivity index (χ0n) is 16.5. The number of benzene rings is 1. The monoisotopic (exact) mass is 416 g/mol. The van der Waals surface area contributed by atoms with Crippen LogP contribution in [0, 0.1) is 22.5 Å². The summed E-state index contributed by atoms with van der Waals surface area (Å²) in [5, 5.41) is 19.3. The van der Waals surface area contributed by atoms with E-state index in [9.17, 15) is 29.6 Å². The first-order chi connectivity index (χ1) is 14.1. The molecule has 0 radical (unpaired) electrons. The summed E-state index contributed by atoms with van der Waals surface area (Å²) in [4.78, 5) is 52.9. The van der Waals surface area contributed by atoms with Crippen molar-refractivity contribution in [3.8, 4) is 0 Å². The molecule has 1 aromatic carbocycles. The van der Waals surface area contributed by atoms with Gasteiger partial charge in [0.15, 0.2) is 5.69 Å². The number of ether oxygens (including phenoxy) is 2. The lowest BCUT2D eigenvalue weighted by Crippen LogP contribution is -2.99. The number of fused-ring (bicyclic) bond motifs is 1. The molecule has 2 N–H and O–H groups in total. The Hall–Kier alpha value is -3.08. The molecule has 4 aliphatic rings. The predicted molar refractivity (Wildman–Crippen MR) is 99.0 cm³/mol. The number of rotatable bonds is 4. The Morgan fingerprint density at radius 2 is 2.03 bits per heavy atom. The van der Waals surface area contributed by atoms with Gasteiger partial charge in [-0.15, -0.1) is 0 Å². The highest BCUT2D eigenvalue weighted by atomic mass is 16.8. The quantitative estimate of drug-likeness (QED) is 0.398. The largest absolute Gasteiger partial charge is 0.595 e. The van der Waals surface area contributed by atoms with Gasteiger partial charge in [-0.25, -0.2) is 14.9 Å². The molecule has 2 saturated heterocycles. The van der Waals surface area contributed by atoms with Gasteiger partial charge in [-0.3, -0.25) is 14.4 Å². The molecule has 3 aliphatic heterocycles. The Labute approximate surface area is 171 Å². The van der Waals surface area contributed by atoms with Crippen molar-refractivity contribution in [3.05, 3.63) is 40.6 Å². The molecule has 1 unspecified atom stereocenters. The topological polar surface area (TPSA) is 138 Å². The highest BCUT2D eigenvalue weighted by Crippen LogP contribution is 2.58. The summed E-state index contributed by atoms with van der Waals surface area (Å²) in [6, 6.07) is 5.42. The molecule has 2 amide bonds. The number of amides is 2. The fourth-order valence-electron chi connectivity index (χ4n) is 4.82. The number of hydrogen-bond acceptors (Lipinski definition) is 8. The Bertz CT molecular complexity index is 1020. The van der Waals surface area contributed by atoms with E-state index in [0.717, 1.165) is 4.90 Å². The van der Waals surface area contributed by atoms with Gasteiger partial charge in [0, 0.05) is 12.1 Å². The molecule has 3 heterocycles. The third-order valence-electron chi connectivity index (χ3n) is 6.13. The summed E-state index contributed by atoms with van der Waals surface area (Å²) in [5.41, 5.74) is -1.24. The van der Waals surface area contributed by atoms with Crippen LogP contribution in [0.15, 0.2) is 35.4 Å². The summed E-state index contributed by atoms with van der Waals surface area (Å²) in [5.74, 6) is -4.89. The van der Waals surface area contributed by atoms with Gasteiger partial charge < -0.3 is 14.7 Å². The van der Waals surface area contributed by atoms with Crippen LogP contribution in [0.2, 0.25) is 0 Å².